The fraction of sp³-hybridized carbons (Fsp3) is 0.444. The molecule has 2 fully saturated rings. The van der Waals surface area contributed by atoms with Crippen LogP contribution in [0, 0.1) is 11.8 Å². The van der Waals surface area contributed by atoms with Crippen LogP contribution < -0.4 is 9.80 Å². The van der Waals surface area contributed by atoms with Gasteiger partial charge in [0.2, 0.25) is 11.8 Å². The summed E-state index contributed by atoms with van der Waals surface area (Å²) in [4.78, 5) is 52.7. The molecule has 4 heterocycles. The molecule has 0 aromatic carbocycles. The molecule has 0 N–H and O–H groups in total. The van der Waals surface area contributed by atoms with Gasteiger partial charge in [0.25, 0.3) is 0 Å². The molecule has 0 spiro atoms. The zero-order chi connectivity index (χ0) is 20.7. The summed E-state index contributed by atoms with van der Waals surface area (Å²) in [6.07, 6.45) is 3.83. The van der Waals surface area contributed by atoms with Gasteiger partial charge in [0.05, 0.1) is 0 Å². The molecule has 11 heteroatoms. The van der Waals surface area contributed by atoms with Gasteiger partial charge in [-0.3, -0.25) is 38.3 Å². The van der Waals surface area contributed by atoms with Crippen molar-refractivity contribution in [1.29, 1.82) is 0 Å². The molecule has 11 nitrogen and oxygen atoms in total. The number of anilines is 2. The van der Waals surface area contributed by atoms with Crippen LogP contribution in [-0.2, 0) is 38.0 Å². The third-order valence-corrected chi connectivity index (χ3v) is 5.13. The third-order valence-electron chi connectivity index (χ3n) is 5.13. The van der Waals surface area contributed by atoms with Gasteiger partial charge in [-0.1, -0.05) is 0 Å². The van der Waals surface area contributed by atoms with Crippen LogP contribution in [0.1, 0.15) is 12.8 Å². The molecule has 2 atom stereocenters. The number of rotatable bonds is 4. The van der Waals surface area contributed by atoms with E-state index in [9.17, 15) is 19.2 Å². The molecule has 2 aliphatic heterocycles. The molecule has 0 radical (unpaired) electrons. The molecule has 2 aromatic rings. The summed E-state index contributed by atoms with van der Waals surface area (Å²) in [5.74, 6) is -4.06. The molecular formula is C18H20N6O5. The molecular weight excluding hydrogens is 380 g/mol. The van der Waals surface area contributed by atoms with Crippen molar-refractivity contribution in [3.8, 4) is 0 Å². The summed E-state index contributed by atoms with van der Waals surface area (Å²) in [6.45, 7) is 0.610. The number of amides is 2. The Balaban J connectivity index is 1.38. The lowest BCUT2D eigenvalue weighted by Gasteiger charge is -2.14. The number of ether oxygens (including phenoxy) is 1. The average molecular weight is 400 g/mol. The molecule has 2 aliphatic rings. The highest BCUT2D eigenvalue weighted by Gasteiger charge is 2.44. The minimum Gasteiger partial charge on any atom is -0.392 e. The Labute approximate surface area is 165 Å². The molecule has 0 saturated carbocycles. The smallest absolute Gasteiger partial charge is 0.326 e. The minimum absolute atomic E-state index is 0.222. The van der Waals surface area contributed by atoms with Crippen LogP contribution in [0.4, 0.5) is 11.6 Å². The van der Waals surface area contributed by atoms with Gasteiger partial charge >= 0.3 is 11.9 Å². The van der Waals surface area contributed by atoms with E-state index in [1.165, 1.54) is 9.80 Å². The molecule has 0 aliphatic carbocycles. The van der Waals surface area contributed by atoms with Crippen molar-refractivity contribution in [3.63, 3.8) is 0 Å². The van der Waals surface area contributed by atoms with E-state index in [4.69, 9.17) is 4.74 Å². The number of hydrogen-bond acceptors (Lipinski definition) is 7. The second-order valence-electron chi connectivity index (χ2n) is 7.10. The summed E-state index contributed by atoms with van der Waals surface area (Å²) < 4.78 is 8.02. The van der Waals surface area contributed by atoms with E-state index in [2.05, 4.69) is 10.2 Å². The Morgan fingerprint density at radius 2 is 1.28 bits per heavy atom. The van der Waals surface area contributed by atoms with E-state index in [1.54, 1.807) is 48.0 Å². The Bertz CT molecular complexity index is 916. The van der Waals surface area contributed by atoms with Crippen molar-refractivity contribution in [2.45, 2.75) is 12.8 Å². The van der Waals surface area contributed by atoms with Crippen molar-refractivity contribution in [2.75, 3.05) is 22.9 Å². The van der Waals surface area contributed by atoms with E-state index in [-0.39, 0.29) is 12.8 Å². The van der Waals surface area contributed by atoms with Crippen molar-refractivity contribution in [3.05, 3.63) is 24.5 Å². The number of carbonyl (C=O) groups excluding carboxylic acids is 4. The number of nitrogens with zero attached hydrogens (tertiary/aromatic N) is 6. The highest BCUT2D eigenvalue weighted by molar-refractivity contribution is 6.13. The fourth-order valence-corrected chi connectivity index (χ4v) is 3.59. The first kappa shape index (κ1) is 18.8. The highest BCUT2D eigenvalue weighted by atomic mass is 16.6. The number of aromatic nitrogens is 4. The SMILES string of the molecule is Cn1ccc(N2CCC(C(=O)OC(=O)C3CCN(c4ccn(C)n4)C3=O)C2=O)n1. The fourth-order valence-electron chi connectivity index (χ4n) is 3.59. The number of carbonyl (C=O) groups is 4. The maximum absolute atomic E-state index is 12.5. The normalized spacial score (nSPS) is 21.9. The molecule has 2 amide bonds. The molecule has 2 saturated heterocycles. The van der Waals surface area contributed by atoms with Crippen molar-refractivity contribution >= 4 is 35.4 Å². The van der Waals surface area contributed by atoms with Gasteiger partial charge < -0.3 is 4.74 Å². The lowest BCUT2D eigenvalue weighted by molar-refractivity contribution is -0.166. The Morgan fingerprint density at radius 1 is 0.862 bits per heavy atom. The monoisotopic (exact) mass is 400 g/mol. The van der Waals surface area contributed by atoms with Crippen LogP contribution in [-0.4, -0.2) is 56.4 Å². The topological polar surface area (TPSA) is 120 Å². The van der Waals surface area contributed by atoms with Crippen LogP contribution in [0.25, 0.3) is 0 Å². The molecule has 0 bridgehead atoms. The second kappa shape index (κ2) is 7.15. The van der Waals surface area contributed by atoms with Crippen molar-refractivity contribution in [1.82, 2.24) is 19.6 Å². The van der Waals surface area contributed by atoms with E-state index in [0.29, 0.717) is 24.7 Å². The lowest BCUT2D eigenvalue weighted by Crippen LogP contribution is -2.35. The summed E-state index contributed by atoms with van der Waals surface area (Å²) in [7, 11) is 3.45. The first-order chi connectivity index (χ1) is 13.8. The van der Waals surface area contributed by atoms with Crippen LogP contribution in [0.15, 0.2) is 24.5 Å². The Kier molecular flexibility index (Phi) is 4.65. The zero-order valence-corrected chi connectivity index (χ0v) is 16.0. The zero-order valence-electron chi connectivity index (χ0n) is 16.0. The first-order valence-electron chi connectivity index (χ1n) is 9.22. The quantitative estimate of drug-likeness (QED) is 0.507. The molecule has 2 aromatic heterocycles. The Morgan fingerprint density at radius 3 is 1.62 bits per heavy atom. The van der Waals surface area contributed by atoms with Gasteiger partial charge in [-0.05, 0) is 12.8 Å². The maximum Gasteiger partial charge on any atom is 0.326 e. The van der Waals surface area contributed by atoms with Gasteiger partial charge in [0, 0.05) is 51.7 Å². The van der Waals surface area contributed by atoms with Gasteiger partial charge in [-0.25, -0.2) is 0 Å². The van der Waals surface area contributed by atoms with Crippen molar-refractivity contribution < 1.29 is 23.9 Å². The highest BCUT2D eigenvalue weighted by Crippen LogP contribution is 2.27. The standard InChI is InChI=1S/C18H20N6O5/c1-21-7-5-13(19-21)23-9-3-11(15(23)25)17(27)29-18(28)12-4-10-24(16(12)26)14-6-8-22(2)20-14/h5-8,11-12H,3-4,9-10H2,1-2H3. The van der Waals surface area contributed by atoms with Crippen LogP contribution in [0.2, 0.25) is 0 Å². The van der Waals surface area contributed by atoms with Gasteiger partial charge in [-0.15, -0.1) is 0 Å². The van der Waals surface area contributed by atoms with Gasteiger partial charge in [0.1, 0.15) is 11.8 Å². The third kappa shape index (κ3) is 3.39. The summed E-state index contributed by atoms with van der Waals surface area (Å²) >= 11 is 0. The number of esters is 2. The van der Waals surface area contributed by atoms with E-state index >= 15 is 0 Å². The van der Waals surface area contributed by atoms with E-state index < -0.39 is 35.6 Å². The molecule has 152 valence electrons. The first-order valence-corrected chi connectivity index (χ1v) is 9.22. The van der Waals surface area contributed by atoms with Gasteiger partial charge in [0.15, 0.2) is 11.6 Å². The maximum atomic E-state index is 12.5. The summed E-state index contributed by atoms with van der Waals surface area (Å²) in [5.41, 5.74) is 0. The van der Waals surface area contributed by atoms with Crippen molar-refractivity contribution in [2.24, 2.45) is 25.9 Å². The second-order valence-corrected chi connectivity index (χ2v) is 7.10. The minimum atomic E-state index is -1.08. The van der Waals surface area contributed by atoms with Gasteiger partial charge in [-0.2, -0.15) is 10.2 Å². The summed E-state index contributed by atoms with van der Waals surface area (Å²) in [6, 6.07) is 3.33. The van der Waals surface area contributed by atoms with E-state index in [1.807, 2.05) is 0 Å². The van der Waals surface area contributed by atoms with Crippen LogP contribution in [0.3, 0.4) is 0 Å². The lowest BCUT2D eigenvalue weighted by atomic mass is 10.1. The summed E-state index contributed by atoms with van der Waals surface area (Å²) in [5, 5.41) is 8.31. The average Bonchev–Trinajstić information content (AvgIpc) is 3.43. The molecule has 4 rings (SSSR count). The number of aryl methyl sites for hydroxylation is 2. The predicted octanol–water partition coefficient (Wildman–Crippen LogP) is -0.371. The largest absolute Gasteiger partial charge is 0.392 e. The molecule has 29 heavy (non-hydrogen) atoms. The Hall–Kier alpha value is -3.50. The van der Waals surface area contributed by atoms with E-state index in [0.717, 1.165) is 0 Å². The van der Waals surface area contributed by atoms with Crippen LogP contribution in [0.5, 0.6) is 0 Å². The predicted molar refractivity (Wildman–Crippen MR) is 98.4 cm³/mol. The number of hydrogen-bond donors (Lipinski definition) is 0. The van der Waals surface area contributed by atoms with Crippen LogP contribution >= 0.6 is 0 Å². The molecule has 2 unspecified atom stereocenters.